The molecular weight excluding hydrogens is 270 g/mol. The van der Waals surface area contributed by atoms with E-state index < -0.39 is 0 Å². The lowest BCUT2D eigenvalue weighted by Crippen LogP contribution is -2.02. The third-order valence-corrected chi connectivity index (χ3v) is 3.41. The fraction of sp³-hybridized carbons (Fsp3) is 0.133. The lowest BCUT2D eigenvalue weighted by atomic mass is 10.1. The lowest BCUT2D eigenvalue weighted by molar-refractivity contribution is -0.104. The van der Waals surface area contributed by atoms with Gasteiger partial charge in [0.15, 0.2) is 0 Å². The Morgan fingerprint density at radius 2 is 1.95 bits per heavy atom. The fourth-order valence-corrected chi connectivity index (χ4v) is 2.38. The molecule has 1 aromatic carbocycles. The second kappa shape index (κ2) is 6.86. The minimum absolute atomic E-state index is 0.566. The number of carbonyl (C=O) groups is 1. The summed E-state index contributed by atoms with van der Waals surface area (Å²) in [5.41, 5.74) is 2.66. The Hall–Kier alpha value is -2.14. The molecule has 0 bridgehead atoms. The molecule has 0 radical (unpaired) electrons. The molecule has 0 spiro atoms. The number of hydrogen-bond acceptors (Lipinski definition) is 5. The van der Waals surface area contributed by atoms with Gasteiger partial charge in [-0.25, -0.2) is 9.97 Å². The van der Waals surface area contributed by atoms with Crippen LogP contribution in [0.25, 0.3) is 17.3 Å². The highest BCUT2D eigenvalue weighted by Gasteiger charge is 2.12. The van der Waals surface area contributed by atoms with Crippen molar-refractivity contribution in [2.75, 3.05) is 18.6 Å². The van der Waals surface area contributed by atoms with E-state index in [0.717, 1.165) is 28.1 Å². The number of benzene rings is 1. The van der Waals surface area contributed by atoms with Crippen LogP contribution in [0.1, 0.15) is 5.56 Å². The summed E-state index contributed by atoms with van der Waals surface area (Å²) in [6.45, 7) is 0. The quantitative estimate of drug-likeness (QED) is 0.396. The molecular formula is C15H15N3OS. The van der Waals surface area contributed by atoms with Crippen LogP contribution in [-0.4, -0.2) is 29.6 Å². The maximum atomic E-state index is 10.6. The van der Waals surface area contributed by atoms with Crippen LogP contribution >= 0.6 is 11.8 Å². The third kappa shape index (κ3) is 3.05. The zero-order valence-electron chi connectivity index (χ0n) is 11.3. The molecule has 1 N–H and O–H groups in total. The molecule has 0 aliphatic rings. The van der Waals surface area contributed by atoms with Crippen molar-refractivity contribution in [3.63, 3.8) is 0 Å². The van der Waals surface area contributed by atoms with Crippen LogP contribution < -0.4 is 5.32 Å². The zero-order valence-corrected chi connectivity index (χ0v) is 12.1. The molecule has 2 rings (SSSR count). The normalized spacial score (nSPS) is 10.7. The van der Waals surface area contributed by atoms with Crippen LogP contribution in [0.3, 0.4) is 0 Å². The number of nitrogens with one attached hydrogen (secondary N) is 1. The number of rotatable bonds is 5. The van der Waals surface area contributed by atoms with E-state index >= 15 is 0 Å². The Morgan fingerprint density at radius 1 is 1.20 bits per heavy atom. The minimum Gasteiger partial charge on any atom is -0.357 e. The summed E-state index contributed by atoms with van der Waals surface area (Å²) >= 11 is 1.53. The Kier molecular flexibility index (Phi) is 4.90. The van der Waals surface area contributed by atoms with Crippen molar-refractivity contribution in [1.82, 2.24) is 9.97 Å². The highest BCUT2D eigenvalue weighted by atomic mass is 32.2. The van der Waals surface area contributed by atoms with Crippen molar-refractivity contribution in [2.45, 2.75) is 5.03 Å². The fourth-order valence-electron chi connectivity index (χ4n) is 1.82. The average molecular weight is 285 g/mol. The molecule has 4 nitrogen and oxygen atoms in total. The molecule has 1 aromatic heterocycles. The Balaban J connectivity index is 2.68. The highest BCUT2D eigenvalue weighted by molar-refractivity contribution is 7.98. The van der Waals surface area contributed by atoms with Crippen LogP contribution in [-0.2, 0) is 4.79 Å². The van der Waals surface area contributed by atoms with E-state index in [0.29, 0.717) is 5.95 Å². The van der Waals surface area contributed by atoms with Gasteiger partial charge in [-0.15, -0.1) is 11.8 Å². The van der Waals surface area contributed by atoms with Gasteiger partial charge in [-0.1, -0.05) is 30.3 Å². The highest BCUT2D eigenvalue weighted by Crippen LogP contribution is 2.30. The van der Waals surface area contributed by atoms with Crippen molar-refractivity contribution in [3.8, 4) is 11.3 Å². The van der Waals surface area contributed by atoms with Crippen molar-refractivity contribution in [1.29, 1.82) is 0 Å². The molecule has 0 atom stereocenters. The van der Waals surface area contributed by atoms with Crippen LogP contribution in [0.4, 0.5) is 5.95 Å². The second-order valence-electron chi connectivity index (χ2n) is 3.93. The molecule has 0 saturated heterocycles. The zero-order chi connectivity index (χ0) is 14.4. The van der Waals surface area contributed by atoms with Gasteiger partial charge in [0.05, 0.1) is 5.69 Å². The number of carbonyl (C=O) groups excluding carboxylic acids is 1. The smallest absolute Gasteiger partial charge is 0.224 e. The van der Waals surface area contributed by atoms with E-state index in [4.69, 9.17) is 0 Å². The topological polar surface area (TPSA) is 54.9 Å². The van der Waals surface area contributed by atoms with Gasteiger partial charge in [-0.3, -0.25) is 4.79 Å². The van der Waals surface area contributed by atoms with E-state index in [2.05, 4.69) is 15.3 Å². The van der Waals surface area contributed by atoms with Gasteiger partial charge < -0.3 is 5.32 Å². The van der Waals surface area contributed by atoms with Crippen molar-refractivity contribution in [3.05, 3.63) is 42.0 Å². The van der Waals surface area contributed by atoms with Crippen molar-refractivity contribution in [2.24, 2.45) is 0 Å². The van der Waals surface area contributed by atoms with Crippen LogP contribution in [0.15, 0.2) is 41.4 Å². The van der Waals surface area contributed by atoms with E-state index in [-0.39, 0.29) is 0 Å². The van der Waals surface area contributed by atoms with E-state index in [1.165, 1.54) is 17.8 Å². The lowest BCUT2D eigenvalue weighted by Gasteiger charge is -2.11. The van der Waals surface area contributed by atoms with Crippen LogP contribution in [0.5, 0.6) is 0 Å². The number of allylic oxidation sites excluding steroid dienone is 1. The Bertz CT molecular complexity index is 627. The number of aromatic nitrogens is 2. The molecule has 102 valence electrons. The summed E-state index contributed by atoms with van der Waals surface area (Å²) in [7, 11) is 1.79. The predicted molar refractivity (Wildman–Crippen MR) is 83.9 cm³/mol. The molecule has 0 aliphatic heterocycles. The first-order valence-corrected chi connectivity index (χ1v) is 7.33. The van der Waals surface area contributed by atoms with Gasteiger partial charge in [-0.05, 0) is 18.4 Å². The number of hydrogen-bond donors (Lipinski definition) is 1. The van der Waals surface area contributed by atoms with Gasteiger partial charge in [-0.2, -0.15) is 0 Å². The van der Waals surface area contributed by atoms with Crippen LogP contribution in [0, 0.1) is 0 Å². The Labute approximate surface area is 122 Å². The van der Waals surface area contributed by atoms with Gasteiger partial charge >= 0.3 is 0 Å². The number of thioether (sulfide) groups is 1. The third-order valence-electron chi connectivity index (χ3n) is 2.72. The maximum Gasteiger partial charge on any atom is 0.224 e. The Morgan fingerprint density at radius 3 is 2.55 bits per heavy atom. The monoisotopic (exact) mass is 285 g/mol. The van der Waals surface area contributed by atoms with E-state index in [9.17, 15) is 4.79 Å². The van der Waals surface area contributed by atoms with Gasteiger partial charge in [0, 0.05) is 18.2 Å². The van der Waals surface area contributed by atoms with Crippen molar-refractivity contribution >= 4 is 30.1 Å². The first-order valence-electron chi connectivity index (χ1n) is 6.11. The van der Waals surface area contributed by atoms with E-state index in [1.807, 2.05) is 36.6 Å². The second-order valence-corrected chi connectivity index (χ2v) is 4.72. The van der Waals surface area contributed by atoms with Gasteiger partial charge in [0.2, 0.25) is 5.95 Å². The molecule has 20 heavy (non-hydrogen) atoms. The minimum atomic E-state index is 0.566. The van der Waals surface area contributed by atoms with Gasteiger partial charge in [0.25, 0.3) is 0 Å². The first kappa shape index (κ1) is 14.3. The first-order chi connectivity index (χ1) is 9.80. The summed E-state index contributed by atoms with van der Waals surface area (Å²) in [5, 5.41) is 3.80. The molecule has 0 fully saturated rings. The standard InChI is InChI=1S/C15H15N3OS/c1-16-15-17-13(11-7-4-3-5-8-11)12(9-6-10-19)14(18-15)20-2/h3-10H,1-2H3,(H,16,17,18)/b9-6+. The summed E-state index contributed by atoms with van der Waals surface area (Å²) in [4.78, 5) is 19.5. The summed E-state index contributed by atoms with van der Waals surface area (Å²) in [6.07, 6.45) is 5.92. The number of aldehydes is 1. The molecule has 0 saturated carbocycles. The SMILES string of the molecule is CNc1nc(SC)c(/C=C/C=O)c(-c2ccccc2)n1. The molecule has 0 unspecified atom stereocenters. The van der Waals surface area contributed by atoms with Crippen LogP contribution in [0.2, 0.25) is 0 Å². The number of anilines is 1. The maximum absolute atomic E-state index is 10.6. The summed E-state index contributed by atoms with van der Waals surface area (Å²) in [5.74, 6) is 0.566. The van der Waals surface area contributed by atoms with Crippen molar-refractivity contribution < 1.29 is 4.79 Å². The average Bonchev–Trinajstić information content (AvgIpc) is 2.52. The van der Waals surface area contributed by atoms with Gasteiger partial charge in [0.1, 0.15) is 11.3 Å². The van der Waals surface area contributed by atoms with E-state index in [1.54, 1.807) is 13.1 Å². The summed E-state index contributed by atoms with van der Waals surface area (Å²) in [6, 6.07) is 9.86. The molecule has 1 heterocycles. The largest absolute Gasteiger partial charge is 0.357 e. The predicted octanol–water partition coefficient (Wildman–Crippen LogP) is 3.12. The number of nitrogens with zero attached hydrogens (tertiary/aromatic N) is 2. The molecule has 5 heteroatoms. The molecule has 0 aliphatic carbocycles. The molecule has 0 amide bonds. The molecule has 2 aromatic rings. The summed E-state index contributed by atoms with van der Waals surface area (Å²) < 4.78 is 0.